The van der Waals surface area contributed by atoms with E-state index in [4.69, 9.17) is 21.1 Å². The van der Waals surface area contributed by atoms with Crippen molar-refractivity contribution in [3.63, 3.8) is 0 Å². The van der Waals surface area contributed by atoms with Crippen molar-refractivity contribution in [3.8, 4) is 22.5 Å². The second kappa shape index (κ2) is 10.5. The number of pyridine rings is 2. The molecule has 1 N–H and O–H groups in total. The summed E-state index contributed by atoms with van der Waals surface area (Å²) in [6, 6.07) is 13.1. The fourth-order valence-corrected chi connectivity index (χ4v) is 4.68. The molecule has 0 radical (unpaired) electrons. The van der Waals surface area contributed by atoms with Crippen LogP contribution in [0.2, 0.25) is 5.02 Å². The Morgan fingerprint density at radius 3 is 2.68 bits per heavy atom. The van der Waals surface area contributed by atoms with Gasteiger partial charge in [0.15, 0.2) is 0 Å². The second-order valence-corrected chi connectivity index (χ2v) is 9.13. The Hall–Kier alpha value is -4.04. The van der Waals surface area contributed by atoms with Crippen molar-refractivity contribution >= 4 is 17.7 Å². The molecule has 1 aromatic carbocycles. The summed E-state index contributed by atoms with van der Waals surface area (Å²) in [4.78, 5) is 27.3. The van der Waals surface area contributed by atoms with Crippen LogP contribution < -0.4 is 21.6 Å². The second-order valence-electron chi connectivity index (χ2n) is 8.72. The zero-order valence-electron chi connectivity index (χ0n) is 21.0. The molecule has 37 heavy (non-hydrogen) atoms. The van der Waals surface area contributed by atoms with Crippen molar-refractivity contribution in [3.05, 3.63) is 97.7 Å². The molecule has 9 heteroatoms. The largest absolute Gasteiger partial charge is 0.364 e. The van der Waals surface area contributed by atoms with E-state index >= 15 is 0 Å². The number of benzene rings is 1. The van der Waals surface area contributed by atoms with Crippen LogP contribution in [0.4, 0.5) is 0 Å². The summed E-state index contributed by atoms with van der Waals surface area (Å²) in [5, 5.41) is 8.74. The van der Waals surface area contributed by atoms with E-state index in [1.165, 1.54) is 5.57 Å². The SMILES string of the molecule is CCC1=C(NCc2ccccn2)N=c2c(cc(-c3ccc(-c4noc(C)n4)cc3Cl)c(=O)n2CC)=CC1. The lowest BCUT2D eigenvalue weighted by Crippen LogP contribution is -2.44. The van der Waals surface area contributed by atoms with Gasteiger partial charge in [0.25, 0.3) is 5.56 Å². The highest BCUT2D eigenvalue weighted by atomic mass is 35.5. The van der Waals surface area contributed by atoms with Gasteiger partial charge in [-0.3, -0.25) is 14.3 Å². The van der Waals surface area contributed by atoms with Crippen LogP contribution in [0.15, 0.2) is 74.4 Å². The number of allylic oxidation sites excluding steroid dienone is 1. The van der Waals surface area contributed by atoms with Crippen LogP contribution in [0.1, 0.15) is 38.3 Å². The van der Waals surface area contributed by atoms with Crippen molar-refractivity contribution in [1.29, 1.82) is 0 Å². The first-order valence-corrected chi connectivity index (χ1v) is 12.7. The van der Waals surface area contributed by atoms with E-state index in [2.05, 4.69) is 33.4 Å². The van der Waals surface area contributed by atoms with E-state index in [0.29, 0.717) is 46.4 Å². The van der Waals surface area contributed by atoms with Crippen molar-refractivity contribution in [2.45, 2.75) is 46.7 Å². The average molecular weight is 515 g/mol. The van der Waals surface area contributed by atoms with Gasteiger partial charge in [-0.15, -0.1) is 0 Å². The van der Waals surface area contributed by atoms with Crippen molar-refractivity contribution in [1.82, 2.24) is 25.0 Å². The molecular weight excluding hydrogens is 488 g/mol. The number of fused-ring (bicyclic) bond motifs is 1. The summed E-state index contributed by atoms with van der Waals surface area (Å²) in [5.41, 5.74) is 4.48. The van der Waals surface area contributed by atoms with Crippen LogP contribution in [0.3, 0.4) is 0 Å². The lowest BCUT2D eigenvalue weighted by Gasteiger charge is -2.12. The van der Waals surface area contributed by atoms with Crippen LogP contribution in [0, 0.1) is 6.92 Å². The van der Waals surface area contributed by atoms with E-state index in [-0.39, 0.29) is 5.56 Å². The van der Waals surface area contributed by atoms with Gasteiger partial charge in [0.2, 0.25) is 11.7 Å². The highest BCUT2D eigenvalue weighted by Crippen LogP contribution is 2.29. The maximum atomic E-state index is 13.7. The first-order valence-electron chi connectivity index (χ1n) is 12.3. The van der Waals surface area contributed by atoms with Gasteiger partial charge in [-0.25, -0.2) is 4.99 Å². The molecule has 0 saturated carbocycles. The third-order valence-electron chi connectivity index (χ3n) is 6.36. The standard InChI is InChI=1S/C28H27ClN6O2/c1-4-18-9-10-20-14-23(22-12-11-19(15-24(22)29)26-32-17(3)37-34-26)28(36)35(5-2)27(20)33-25(18)31-16-21-8-6-7-13-30-21/h6-8,10-15,31H,4-5,9,16H2,1-3H3. The van der Waals surface area contributed by atoms with E-state index in [1.54, 1.807) is 23.8 Å². The van der Waals surface area contributed by atoms with Crippen molar-refractivity contribution in [2.24, 2.45) is 4.99 Å². The number of aryl methyl sites for hydroxylation is 1. The number of aromatic nitrogens is 4. The summed E-state index contributed by atoms with van der Waals surface area (Å²) in [7, 11) is 0. The van der Waals surface area contributed by atoms with Gasteiger partial charge in [-0.2, -0.15) is 4.98 Å². The molecule has 0 saturated heterocycles. The lowest BCUT2D eigenvalue weighted by molar-refractivity contribution is 0.394. The number of nitrogens with one attached hydrogen (secondary N) is 1. The Morgan fingerprint density at radius 1 is 1.14 bits per heavy atom. The predicted octanol–water partition coefficient (Wildman–Crippen LogP) is 4.16. The minimum absolute atomic E-state index is 0.146. The number of nitrogens with zero attached hydrogens (tertiary/aromatic N) is 5. The lowest BCUT2D eigenvalue weighted by atomic mass is 10.0. The average Bonchev–Trinajstić information content (AvgIpc) is 3.27. The highest BCUT2D eigenvalue weighted by Gasteiger charge is 2.16. The molecule has 8 nitrogen and oxygen atoms in total. The summed E-state index contributed by atoms with van der Waals surface area (Å²) in [6.07, 6.45) is 5.47. The first kappa shape index (κ1) is 24.6. The smallest absolute Gasteiger partial charge is 0.260 e. The molecule has 0 bridgehead atoms. The Labute approximate surface area is 219 Å². The normalized spacial score (nSPS) is 13.0. The Bertz CT molecular complexity index is 1670. The van der Waals surface area contributed by atoms with E-state index in [1.807, 2.05) is 43.3 Å². The van der Waals surface area contributed by atoms with Crippen LogP contribution in [-0.2, 0) is 13.1 Å². The van der Waals surface area contributed by atoms with Crippen molar-refractivity contribution < 1.29 is 4.52 Å². The molecule has 0 fully saturated rings. The fourth-order valence-electron chi connectivity index (χ4n) is 4.40. The van der Waals surface area contributed by atoms with Crippen LogP contribution in [-0.4, -0.2) is 19.7 Å². The number of hydrogen-bond acceptors (Lipinski definition) is 7. The van der Waals surface area contributed by atoms with Crippen LogP contribution in [0.5, 0.6) is 0 Å². The van der Waals surface area contributed by atoms with Gasteiger partial charge >= 0.3 is 0 Å². The Balaban J connectivity index is 1.58. The number of hydrogen-bond donors (Lipinski definition) is 1. The Morgan fingerprint density at radius 2 is 2.00 bits per heavy atom. The molecule has 5 rings (SSSR count). The zero-order valence-corrected chi connectivity index (χ0v) is 21.7. The number of halogens is 1. The summed E-state index contributed by atoms with van der Waals surface area (Å²) in [5.74, 6) is 1.71. The predicted molar refractivity (Wildman–Crippen MR) is 143 cm³/mol. The maximum absolute atomic E-state index is 13.7. The maximum Gasteiger partial charge on any atom is 0.260 e. The molecule has 1 aliphatic heterocycles. The Kier molecular flexibility index (Phi) is 7.01. The molecule has 0 aliphatic carbocycles. The molecule has 0 spiro atoms. The molecule has 4 aromatic rings. The van der Waals surface area contributed by atoms with E-state index < -0.39 is 0 Å². The molecular formula is C28H27ClN6O2. The topological polar surface area (TPSA) is 98.2 Å². The first-order chi connectivity index (χ1) is 18.0. The summed E-state index contributed by atoms with van der Waals surface area (Å²) in [6.45, 7) is 6.81. The van der Waals surface area contributed by atoms with Crippen LogP contribution >= 0.6 is 11.6 Å². The molecule has 0 atom stereocenters. The van der Waals surface area contributed by atoms with Gasteiger partial charge in [0.05, 0.1) is 12.2 Å². The third kappa shape index (κ3) is 4.97. The third-order valence-corrected chi connectivity index (χ3v) is 6.67. The zero-order chi connectivity index (χ0) is 25.9. The van der Waals surface area contributed by atoms with Gasteiger partial charge in [-0.1, -0.05) is 48.0 Å². The summed E-state index contributed by atoms with van der Waals surface area (Å²) < 4.78 is 6.78. The summed E-state index contributed by atoms with van der Waals surface area (Å²) >= 11 is 6.68. The van der Waals surface area contributed by atoms with Gasteiger partial charge in [0.1, 0.15) is 11.3 Å². The van der Waals surface area contributed by atoms with E-state index in [0.717, 1.165) is 35.1 Å². The van der Waals surface area contributed by atoms with Gasteiger partial charge in [0, 0.05) is 46.6 Å². The fraction of sp³-hybridized carbons (Fsp3) is 0.250. The molecule has 0 unspecified atom stereocenters. The van der Waals surface area contributed by atoms with Gasteiger partial charge < -0.3 is 9.84 Å². The molecule has 188 valence electrons. The van der Waals surface area contributed by atoms with Crippen molar-refractivity contribution in [2.75, 3.05) is 0 Å². The number of rotatable bonds is 7. The minimum atomic E-state index is -0.146. The quantitative estimate of drug-likeness (QED) is 0.397. The van der Waals surface area contributed by atoms with Gasteiger partial charge in [-0.05, 0) is 49.6 Å². The van der Waals surface area contributed by atoms with E-state index in [9.17, 15) is 4.79 Å². The molecule has 0 amide bonds. The molecule has 1 aliphatic rings. The minimum Gasteiger partial charge on any atom is -0.364 e. The van der Waals surface area contributed by atoms with Crippen LogP contribution in [0.25, 0.3) is 28.6 Å². The highest BCUT2D eigenvalue weighted by molar-refractivity contribution is 6.33. The monoisotopic (exact) mass is 514 g/mol. The molecule has 4 heterocycles. The molecule has 3 aromatic heterocycles.